The molecular formula is C12H18N2O3S. The van der Waals surface area contributed by atoms with Crippen molar-refractivity contribution in [3.05, 3.63) is 17.8 Å². The second kappa shape index (κ2) is 7.23. The van der Waals surface area contributed by atoms with Crippen LogP contribution in [0.3, 0.4) is 0 Å². The molecule has 0 fully saturated rings. The second-order valence-electron chi connectivity index (χ2n) is 3.74. The molecule has 0 radical (unpaired) electrons. The maximum Gasteiger partial charge on any atom is 0.340 e. The number of esters is 1. The summed E-state index contributed by atoms with van der Waals surface area (Å²) >= 11 is 1.44. The lowest BCUT2D eigenvalue weighted by Crippen LogP contribution is -2.10. The minimum atomic E-state index is -0.436. The van der Waals surface area contributed by atoms with E-state index < -0.39 is 5.97 Å². The number of aliphatic hydroxyl groups is 1. The van der Waals surface area contributed by atoms with Gasteiger partial charge in [-0.3, -0.25) is 0 Å². The lowest BCUT2D eigenvalue weighted by Gasteiger charge is -2.12. The van der Waals surface area contributed by atoms with Crippen molar-refractivity contribution in [2.75, 3.05) is 18.9 Å². The van der Waals surface area contributed by atoms with Gasteiger partial charge in [0.2, 0.25) is 0 Å². The summed E-state index contributed by atoms with van der Waals surface area (Å²) in [7, 11) is 0. The molecular weight excluding hydrogens is 252 g/mol. The van der Waals surface area contributed by atoms with Crippen molar-refractivity contribution < 1.29 is 14.6 Å². The van der Waals surface area contributed by atoms with Crippen LogP contribution in [-0.4, -0.2) is 34.5 Å². The molecule has 0 saturated heterocycles. The van der Waals surface area contributed by atoms with Gasteiger partial charge < -0.3 is 15.6 Å². The molecule has 1 heterocycles. The van der Waals surface area contributed by atoms with Crippen LogP contribution in [0.1, 0.15) is 30.6 Å². The number of thioether (sulfide) groups is 1. The first-order chi connectivity index (χ1) is 8.60. The molecule has 0 amide bonds. The van der Waals surface area contributed by atoms with Crippen molar-refractivity contribution in [3.63, 3.8) is 0 Å². The Bertz CT molecular complexity index is 412. The van der Waals surface area contributed by atoms with Crippen LogP contribution < -0.4 is 5.73 Å². The standard InChI is InChI=1S/C12H18N2O3S/c1-3-17-12(16)9-4-6-14-11(10(9)13)18-8(2)5-7-15/h4,6,8,15H,3,5,7,13H2,1-2H3. The number of hydrogen-bond acceptors (Lipinski definition) is 6. The molecule has 0 bridgehead atoms. The van der Waals surface area contributed by atoms with Gasteiger partial charge in [-0.25, -0.2) is 9.78 Å². The van der Waals surface area contributed by atoms with E-state index in [1.807, 2.05) is 6.92 Å². The van der Waals surface area contributed by atoms with Gasteiger partial charge in [-0.05, 0) is 19.4 Å². The van der Waals surface area contributed by atoms with Crippen molar-refractivity contribution in [2.24, 2.45) is 0 Å². The molecule has 0 spiro atoms. The second-order valence-corrected chi connectivity index (χ2v) is 5.17. The molecule has 3 N–H and O–H groups in total. The number of hydrogen-bond donors (Lipinski definition) is 2. The number of aromatic nitrogens is 1. The zero-order valence-electron chi connectivity index (χ0n) is 10.5. The molecule has 1 atom stereocenters. The summed E-state index contributed by atoms with van der Waals surface area (Å²) in [6, 6.07) is 1.55. The SMILES string of the molecule is CCOC(=O)c1ccnc(SC(C)CCO)c1N. The molecule has 0 aliphatic heterocycles. The van der Waals surface area contributed by atoms with Crippen LogP contribution in [0.4, 0.5) is 5.69 Å². The topological polar surface area (TPSA) is 85.4 Å². The maximum atomic E-state index is 11.6. The summed E-state index contributed by atoms with van der Waals surface area (Å²) in [5, 5.41) is 9.64. The van der Waals surface area contributed by atoms with Crippen molar-refractivity contribution >= 4 is 23.4 Å². The highest BCUT2D eigenvalue weighted by Gasteiger charge is 2.16. The fourth-order valence-electron chi connectivity index (χ4n) is 1.37. The number of nitrogens with zero attached hydrogens (tertiary/aromatic N) is 1. The van der Waals surface area contributed by atoms with Gasteiger partial charge in [0.25, 0.3) is 0 Å². The normalized spacial score (nSPS) is 12.2. The molecule has 1 aromatic heterocycles. The van der Waals surface area contributed by atoms with Gasteiger partial charge >= 0.3 is 5.97 Å². The molecule has 5 nitrogen and oxygen atoms in total. The summed E-state index contributed by atoms with van der Waals surface area (Å²) in [5.41, 5.74) is 6.59. The van der Waals surface area contributed by atoms with E-state index in [0.717, 1.165) is 0 Å². The Hall–Kier alpha value is -1.27. The van der Waals surface area contributed by atoms with E-state index in [1.54, 1.807) is 13.0 Å². The summed E-state index contributed by atoms with van der Waals surface area (Å²) in [4.78, 5) is 15.8. The van der Waals surface area contributed by atoms with Gasteiger partial charge in [0, 0.05) is 18.1 Å². The molecule has 1 aromatic rings. The predicted molar refractivity (Wildman–Crippen MR) is 71.6 cm³/mol. The average molecular weight is 270 g/mol. The monoisotopic (exact) mass is 270 g/mol. The van der Waals surface area contributed by atoms with Gasteiger partial charge in [-0.1, -0.05) is 6.92 Å². The lowest BCUT2D eigenvalue weighted by molar-refractivity contribution is 0.0527. The van der Waals surface area contributed by atoms with Crippen molar-refractivity contribution in [2.45, 2.75) is 30.5 Å². The van der Waals surface area contributed by atoms with Gasteiger partial charge in [0.15, 0.2) is 0 Å². The number of ether oxygens (including phenoxy) is 1. The van der Waals surface area contributed by atoms with Gasteiger partial charge in [0.05, 0.1) is 17.9 Å². The van der Waals surface area contributed by atoms with Crippen LogP contribution >= 0.6 is 11.8 Å². The number of carbonyl (C=O) groups is 1. The summed E-state index contributed by atoms with van der Waals surface area (Å²) < 4.78 is 4.92. The third kappa shape index (κ3) is 3.89. The third-order valence-electron chi connectivity index (χ3n) is 2.30. The van der Waals surface area contributed by atoms with Crippen LogP contribution in [-0.2, 0) is 4.74 Å². The first-order valence-electron chi connectivity index (χ1n) is 5.79. The minimum Gasteiger partial charge on any atom is -0.462 e. The van der Waals surface area contributed by atoms with Gasteiger partial charge in [-0.15, -0.1) is 11.8 Å². The largest absolute Gasteiger partial charge is 0.462 e. The number of pyridine rings is 1. The fourth-order valence-corrected chi connectivity index (χ4v) is 2.33. The number of nitrogen functional groups attached to an aromatic ring is 1. The first kappa shape index (κ1) is 14.8. The van der Waals surface area contributed by atoms with Crippen LogP contribution in [0.15, 0.2) is 17.3 Å². The summed E-state index contributed by atoms with van der Waals surface area (Å²) in [5.74, 6) is -0.436. The smallest absolute Gasteiger partial charge is 0.340 e. The number of rotatable bonds is 6. The highest BCUT2D eigenvalue weighted by Crippen LogP contribution is 2.30. The number of aliphatic hydroxyl groups excluding tert-OH is 1. The van der Waals surface area contributed by atoms with Gasteiger partial charge in [0.1, 0.15) is 5.03 Å². The molecule has 6 heteroatoms. The fraction of sp³-hybridized carbons (Fsp3) is 0.500. The van der Waals surface area contributed by atoms with E-state index in [4.69, 9.17) is 15.6 Å². The molecule has 0 aromatic carbocycles. The van der Waals surface area contributed by atoms with Crippen molar-refractivity contribution in [1.29, 1.82) is 0 Å². The molecule has 18 heavy (non-hydrogen) atoms. The number of anilines is 1. The highest BCUT2D eigenvalue weighted by atomic mass is 32.2. The van der Waals surface area contributed by atoms with Gasteiger partial charge in [-0.2, -0.15) is 0 Å². The molecule has 1 unspecified atom stereocenters. The zero-order chi connectivity index (χ0) is 13.5. The van der Waals surface area contributed by atoms with Crippen LogP contribution in [0.25, 0.3) is 0 Å². The minimum absolute atomic E-state index is 0.117. The Labute approximate surface area is 111 Å². The lowest BCUT2D eigenvalue weighted by atomic mass is 10.2. The van der Waals surface area contributed by atoms with E-state index in [2.05, 4.69) is 4.98 Å². The Morgan fingerprint density at radius 2 is 2.39 bits per heavy atom. The highest BCUT2D eigenvalue weighted by molar-refractivity contribution is 8.00. The molecule has 0 aliphatic carbocycles. The van der Waals surface area contributed by atoms with Crippen LogP contribution in [0, 0.1) is 0 Å². The molecule has 0 saturated carbocycles. The number of carbonyl (C=O) groups excluding carboxylic acids is 1. The average Bonchev–Trinajstić information content (AvgIpc) is 2.32. The van der Waals surface area contributed by atoms with E-state index in [0.29, 0.717) is 29.3 Å². The van der Waals surface area contributed by atoms with Crippen LogP contribution in [0.2, 0.25) is 0 Å². The van der Waals surface area contributed by atoms with E-state index in [-0.39, 0.29) is 11.9 Å². The zero-order valence-corrected chi connectivity index (χ0v) is 11.4. The van der Waals surface area contributed by atoms with E-state index >= 15 is 0 Å². The van der Waals surface area contributed by atoms with E-state index in [9.17, 15) is 4.79 Å². The number of nitrogens with two attached hydrogens (primary N) is 1. The Balaban J connectivity index is 2.88. The third-order valence-corrected chi connectivity index (χ3v) is 3.48. The Kier molecular flexibility index (Phi) is 5.94. The maximum absolute atomic E-state index is 11.6. The molecule has 100 valence electrons. The predicted octanol–water partition coefficient (Wildman–Crippen LogP) is 1.70. The van der Waals surface area contributed by atoms with Crippen molar-refractivity contribution in [1.82, 2.24) is 4.98 Å². The summed E-state index contributed by atoms with van der Waals surface area (Å²) in [6.07, 6.45) is 2.19. The molecule has 0 aliphatic rings. The van der Waals surface area contributed by atoms with Crippen molar-refractivity contribution in [3.8, 4) is 0 Å². The molecule has 1 rings (SSSR count). The Morgan fingerprint density at radius 1 is 1.67 bits per heavy atom. The van der Waals surface area contributed by atoms with Crippen LogP contribution in [0.5, 0.6) is 0 Å². The quantitative estimate of drug-likeness (QED) is 0.604. The first-order valence-corrected chi connectivity index (χ1v) is 6.67. The Morgan fingerprint density at radius 3 is 3.00 bits per heavy atom. The van der Waals surface area contributed by atoms with E-state index in [1.165, 1.54) is 18.0 Å². The summed E-state index contributed by atoms with van der Waals surface area (Å²) in [6.45, 7) is 4.14.